The molecule has 2 aromatic carbocycles. The lowest BCUT2D eigenvalue weighted by molar-refractivity contribution is 0.0991. The van der Waals surface area contributed by atoms with Crippen LogP contribution in [-0.2, 0) is 6.42 Å². The summed E-state index contributed by atoms with van der Waals surface area (Å²) in [6.45, 7) is 0. The molecule has 4 heteroatoms. The molecular weight excluding hydrogens is 419 g/mol. The zero-order valence-electron chi connectivity index (χ0n) is 10.3. The lowest BCUT2D eigenvalue weighted by atomic mass is 10.0. The largest absolute Gasteiger partial charge is 0.496 e. The molecule has 0 aliphatic rings. The summed E-state index contributed by atoms with van der Waals surface area (Å²) in [5, 5.41) is 0. The Bertz CT molecular complexity index is 611. The summed E-state index contributed by atoms with van der Waals surface area (Å²) in [6, 6.07) is 13.3. The van der Waals surface area contributed by atoms with Crippen molar-refractivity contribution in [3.63, 3.8) is 0 Å². The fourth-order valence-corrected chi connectivity index (χ4v) is 2.94. The van der Waals surface area contributed by atoms with Gasteiger partial charge in [0, 0.05) is 25.6 Å². The quantitative estimate of drug-likeness (QED) is 0.527. The molecular formula is C15H12BrIO2. The molecule has 2 nitrogen and oxygen atoms in total. The van der Waals surface area contributed by atoms with Crippen molar-refractivity contribution in [1.29, 1.82) is 0 Å². The molecule has 19 heavy (non-hydrogen) atoms. The van der Waals surface area contributed by atoms with Crippen molar-refractivity contribution in [3.8, 4) is 5.75 Å². The van der Waals surface area contributed by atoms with E-state index in [0.29, 0.717) is 6.42 Å². The van der Waals surface area contributed by atoms with Gasteiger partial charge in [-0.3, -0.25) is 4.79 Å². The molecule has 0 atom stereocenters. The molecule has 0 amide bonds. The van der Waals surface area contributed by atoms with Gasteiger partial charge in [-0.1, -0.05) is 34.1 Å². The zero-order valence-corrected chi connectivity index (χ0v) is 14.1. The van der Waals surface area contributed by atoms with Crippen molar-refractivity contribution < 1.29 is 9.53 Å². The number of halogens is 2. The first kappa shape index (κ1) is 14.5. The first-order valence-corrected chi connectivity index (χ1v) is 7.59. The van der Waals surface area contributed by atoms with E-state index in [9.17, 15) is 4.79 Å². The lowest BCUT2D eigenvalue weighted by Crippen LogP contribution is -2.06. The number of hydrogen-bond donors (Lipinski definition) is 0. The number of hydrogen-bond acceptors (Lipinski definition) is 2. The molecule has 0 bridgehead atoms. The Hall–Kier alpha value is -0.880. The average Bonchev–Trinajstić information content (AvgIpc) is 2.39. The van der Waals surface area contributed by atoms with Crippen LogP contribution in [0.25, 0.3) is 0 Å². The number of Topliss-reactive ketones (excluding diaryl/α,β-unsaturated/α-hetero) is 1. The minimum Gasteiger partial charge on any atom is -0.496 e. The average molecular weight is 431 g/mol. The molecule has 0 N–H and O–H groups in total. The molecule has 0 aliphatic carbocycles. The Kier molecular flexibility index (Phi) is 4.99. The fourth-order valence-electron chi connectivity index (χ4n) is 1.84. The molecule has 0 aliphatic heterocycles. The van der Waals surface area contributed by atoms with Gasteiger partial charge in [-0.2, -0.15) is 0 Å². The summed E-state index contributed by atoms with van der Waals surface area (Å²) in [4.78, 5) is 12.3. The van der Waals surface area contributed by atoms with Crippen LogP contribution < -0.4 is 4.74 Å². The van der Waals surface area contributed by atoms with Crippen LogP contribution in [0.3, 0.4) is 0 Å². The summed E-state index contributed by atoms with van der Waals surface area (Å²) >= 11 is 5.60. The van der Waals surface area contributed by atoms with Gasteiger partial charge in [-0.05, 0) is 46.9 Å². The van der Waals surface area contributed by atoms with Crippen LogP contribution in [0.4, 0.5) is 0 Å². The fraction of sp³-hybridized carbons (Fsp3) is 0.133. The minimum atomic E-state index is 0.0985. The Morgan fingerprint density at radius 2 is 2.00 bits per heavy atom. The van der Waals surface area contributed by atoms with E-state index in [1.807, 2.05) is 42.5 Å². The summed E-state index contributed by atoms with van der Waals surface area (Å²) in [5.74, 6) is 0.837. The Balaban J connectivity index is 2.29. The molecule has 0 unspecified atom stereocenters. The number of carbonyl (C=O) groups excluding carboxylic acids is 1. The predicted molar refractivity (Wildman–Crippen MR) is 87.9 cm³/mol. The molecule has 2 aromatic rings. The first-order valence-electron chi connectivity index (χ1n) is 5.72. The topological polar surface area (TPSA) is 26.3 Å². The second-order valence-electron chi connectivity index (χ2n) is 4.04. The van der Waals surface area contributed by atoms with Crippen LogP contribution >= 0.6 is 38.5 Å². The molecule has 2 rings (SSSR count). The van der Waals surface area contributed by atoms with E-state index in [0.717, 1.165) is 24.9 Å². The van der Waals surface area contributed by atoms with Gasteiger partial charge in [0.25, 0.3) is 0 Å². The van der Waals surface area contributed by atoms with Crippen LogP contribution in [0.2, 0.25) is 0 Å². The third-order valence-electron chi connectivity index (χ3n) is 2.77. The standard InChI is InChI=1S/C15H12BrIO2/c1-19-15-7-6-11(16)8-10(15)9-14(18)12-4-2-3-5-13(12)17/h2-8H,9H2,1H3. The van der Waals surface area contributed by atoms with Crippen LogP contribution in [0, 0.1) is 3.57 Å². The molecule has 0 radical (unpaired) electrons. The number of ether oxygens (including phenoxy) is 1. The van der Waals surface area contributed by atoms with E-state index in [1.54, 1.807) is 7.11 Å². The number of benzene rings is 2. The van der Waals surface area contributed by atoms with Gasteiger partial charge in [0.2, 0.25) is 0 Å². The second kappa shape index (κ2) is 6.52. The SMILES string of the molecule is COc1ccc(Br)cc1CC(=O)c1ccccc1I. The zero-order chi connectivity index (χ0) is 13.8. The van der Waals surface area contributed by atoms with Crippen LogP contribution in [0.1, 0.15) is 15.9 Å². The second-order valence-corrected chi connectivity index (χ2v) is 6.11. The highest BCUT2D eigenvalue weighted by atomic mass is 127. The predicted octanol–water partition coefficient (Wildman–Crippen LogP) is 4.49. The Labute approximate surface area is 134 Å². The van der Waals surface area contributed by atoms with Crippen molar-refractivity contribution >= 4 is 44.3 Å². The van der Waals surface area contributed by atoms with Gasteiger partial charge in [-0.25, -0.2) is 0 Å². The normalized spacial score (nSPS) is 10.3. The molecule has 0 saturated heterocycles. The first-order chi connectivity index (χ1) is 9.11. The van der Waals surface area contributed by atoms with Crippen molar-refractivity contribution in [2.45, 2.75) is 6.42 Å². The third-order valence-corrected chi connectivity index (χ3v) is 4.20. The summed E-state index contributed by atoms with van der Waals surface area (Å²) in [5.41, 5.74) is 1.65. The van der Waals surface area contributed by atoms with Gasteiger partial charge in [0.05, 0.1) is 7.11 Å². The van der Waals surface area contributed by atoms with Crippen molar-refractivity contribution in [2.75, 3.05) is 7.11 Å². The highest BCUT2D eigenvalue weighted by Crippen LogP contribution is 2.25. The maximum absolute atomic E-state index is 12.3. The van der Waals surface area contributed by atoms with Gasteiger partial charge >= 0.3 is 0 Å². The number of rotatable bonds is 4. The maximum atomic E-state index is 12.3. The van der Waals surface area contributed by atoms with E-state index in [2.05, 4.69) is 38.5 Å². The van der Waals surface area contributed by atoms with Crippen LogP contribution in [0.5, 0.6) is 5.75 Å². The van der Waals surface area contributed by atoms with Gasteiger partial charge in [0.15, 0.2) is 5.78 Å². The summed E-state index contributed by atoms with van der Waals surface area (Å²) < 4.78 is 7.21. The smallest absolute Gasteiger partial charge is 0.168 e. The summed E-state index contributed by atoms with van der Waals surface area (Å²) in [6.07, 6.45) is 0.336. The van der Waals surface area contributed by atoms with Gasteiger partial charge in [0.1, 0.15) is 5.75 Å². The van der Waals surface area contributed by atoms with Crippen LogP contribution in [0.15, 0.2) is 46.9 Å². The van der Waals surface area contributed by atoms with Crippen molar-refractivity contribution in [1.82, 2.24) is 0 Å². The van der Waals surface area contributed by atoms with E-state index in [4.69, 9.17) is 4.74 Å². The monoisotopic (exact) mass is 430 g/mol. The molecule has 0 spiro atoms. The van der Waals surface area contributed by atoms with E-state index < -0.39 is 0 Å². The molecule has 0 heterocycles. The van der Waals surface area contributed by atoms with E-state index in [-0.39, 0.29) is 5.78 Å². The van der Waals surface area contributed by atoms with E-state index in [1.165, 1.54) is 0 Å². The molecule has 98 valence electrons. The summed E-state index contributed by atoms with van der Waals surface area (Å²) in [7, 11) is 1.61. The van der Waals surface area contributed by atoms with Crippen molar-refractivity contribution in [3.05, 3.63) is 61.6 Å². The molecule has 0 fully saturated rings. The number of ketones is 1. The van der Waals surface area contributed by atoms with Crippen LogP contribution in [-0.4, -0.2) is 12.9 Å². The Morgan fingerprint density at radius 1 is 1.26 bits per heavy atom. The van der Waals surface area contributed by atoms with Gasteiger partial charge in [-0.15, -0.1) is 0 Å². The van der Waals surface area contributed by atoms with Crippen molar-refractivity contribution in [2.24, 2.45) is 0 Å². The highest BCUT2D eigenvalue weighted by molar-refractivity contribution is 14.1. The minimum absolute atomic E-state index is 0.0985. The molecule has 0 aromatic heterocycles. The lowest BCUT2D eigenvalue weighted by Gasteiger charge is -2.09. The Morgan fingerprint density at radius 3 is 2.68 bits per heavy atom. The maximum Gasteiger partial charge on any atom is 0.168 e. The number of methoxy groups -OCH3 is 1. The third kappa shape index (κ3) is 3.57. The highest BCUT2D eigenvalue weighted by Gasteiger charge is 2.13. The van der Waals surface area contributed by atoms with Gasteiger partial charge < -0.3 is 4.74 Å². The number of carbonyl (C=O) groups is 1. The molecule has 0 saturated carbocycles. The van der Waals surface area contributed by atoms with E-state index >= 15 is 0 Å².